The summed E-state index contributed by atoms with van der Waals surface area (Å²) in [6.07, 6.45) is 1.62. The van der Waals surface area contributed by atoms with Gasteiger partial charge in [-0.1, -0.05) is 18.2 Å². The summed E-state index contributed by atoms with van der Waals surface area (Å²) in [5, 5.41) is 4.24. The number of rotatable bonds is 5. The van der Waals surface area contributed by atoms with Crippen LogP contribution in [0.5, 0.6) is 0 Å². The summed E-state index contributed by atoms with van der Waals surface area (Å²) in [6, 6.07) is 5.91. The largest absolute Gasteiger partial charge is 0.493 e. The molecule has 3 heterocycles. The Morgan fingerprint density at radius 2 is 1.97 bits per heavy atom. The monoisotopic (exact) mass is 505 g/mol. The first-order valence-corrected chi connectivity index (χ1v) is 12.2. The van der Waals surface area contributed by atoms with Crippen LogP contribution < -0.4 is 10.2 Å². The molecule has 2 aromatic rings. The average Bonchev–Trinajstić information content (AvgIpc) is 2.82. The number of carbonyl (C=O) groups excluding carboxylic acids is 1. The lowest BCUT2D eigenvalue weighted by molar-refractivity contribution is -0.141. The van der Waals surface area contributed by atoms with Gasteiger partial charge in [-0.2, -0.15) is 13.2 Å². The molecule has 5 nitrogen and oxygen atoms in total. The van der Waals surface area contributed by atoms with Gasteiger partial charge in [0.15, 0.2) is 0 Å². The van der Waals surface area contributed by atoms with Crippen LogP contribution in [0, 0.1) is 5.41 Å². The molecule has 2 fully saturated rings. The van der Waals surface area contributed by atoms with E-state index in [9.17, 15) is 18.0 Å². The summed E-state index contributed by atoms with van der Waals surface area (Å²) in [6.45, 7) is 4.12. The molecular weight excluding hydrogens is 479 g/mol. The third-order valence-electron chi connectivity index (χ3n) is 7.62. The molecule has 0 radical (unpaired) electrons. The number of carbonyl (C=O) groups is 1. The summed E-state index contributed by atoms with van der Waals surface area (Å²) in [4.78, 5) is 18.7. The van der Waals surface area contributed by atoms with Crippen LogP contribution in [0.25, 0.3) is 10.9 Å². The van der Waals surface area contributed by atoms with Crippen molar-refractivity contribution in [2.45, 2.75) is 56.8 Å². The molecule has 1 amide bonds. The van der Waals surface area contributed by atoms with Gasteiger partial charge in [0.1, 0.15) is 18.1 Å². The highest BCUT2D eigenvalue weighted by molar-refractivity contribution is 6.31. The number of alkyl halides is 3. The maximum Gasteiger partial charge on any atom is 0.433 e. The Labute approximate surface area is 207 Å². The molecule has 4 aliphatic rings. The topological polar surface area (TPSA) is 54.5 Å². The minimum absolute atomic E-state index is 0.0331. The van der Waals surface area contributed by atoms with Gasteiger partial charge in [-0.05, 0) is 74.4 Å². The summed E-state index contributed by atoms with van der Waals surface area (Å²) >= 11 is 6.15. The van der Waals surface area contributed by atoms with Crippen molar-refractivity contribution in [3.63, 3.8) is 0 Å². The standard InChI is InChI=1S/C26H27ClF3N3O2/c1-3-22-15-12-25(13-15,14-35-22)24(34)31-17-5-7-18(8-6-17)33(2)21-11-23(26(28,29)30)32-20-9-4-16(27)10-19(20)21/h3-4,9-11,17-18H,1,5-8,12-14H2,2H3,(H,31,34)/t17-,18+. The van der Waals surface area contributed by atoms with Gasteiger partial charge in [-0.25, -0.2) is 4.98 Å². The van der Waals surface area contributed by atoms with Crippen LogP contribution in [0.2, 0.25) is 5.02 Å². The van der Waals surface area contributed by atoms with E-state index in [-0.39, 0.29) is 23.5 Å². The van der Waals surface area contributed by atoms with Gasteiger partial charge in [0.2, 0.25) is 5.91 Å². The molecule has 0 unspecified atom stereocenters. The Morgan fingerprint density at radius 3 is 2.57 bits per heavy atom. The van der Waals surface area contributed by atoms with E-state index in [2.05, 4.69) is 16.9 Å². The van der Waals surface area contributed by atoms with Gasteiger partial charge < -0.3 is 15.0 Å². The molecule has 1 aromatic heterocycles. The Kier molecular flexibility index (Phi) is 5.98. The number of hydrogen-bond acceptors (Lipinski definition) is 4. The Hall–Kier alpha value is -2.74. The SMILES string of the molecule is C=CC1=C2CC(C(=O)N[C@H]3CC[C@@H](N(C)c4cc(C(F)(F)F)nc5ccc(Cl)cc45)CC3)(CO1)C2. The summed E-state index contributed by atoms with van der Waals surface area (Å²) in [5.74, 6) is 0.840. The number of pyridine rings is 1. The van der Waals surface area contributed by atoms with E-state index < -0.39 is 17.3 Å². The number of fused-ring (bicyclic) bond motifs is 3. The highest BCUT2D eigenvalue weighted by Gasteiger charge is 2.52. The van der Waals surface area contributed by atoms with E-state index in [0.717, 1.165) is 55.9 Å². The Bertz CT molecular complexity index is 1210. The van der Waals surface area contributed by atoms with Crippen molar-refractivity contribution in [1.29, 1.82) is 0 Å². The van der Waals surface area contributed by atoms with Crippen molar-refractivity contribution in [3.8, 4) is 0 Å². The van der Waals surface area contributed by atoms with Crippen molar-refractivity contribution in [3.05, 3.63) is 59.0 Å². The third-order valence-corrected chi connectivity index (χ3v) is 7.86. The molecule has 9 heteroatoms. The normalized spacial score (nSPS) is 23.3. The summed E-state index contributed by atoms with van der Waals surface area (Å²) < 4.78 is 46.2. The zero-order valence-corrected chi connectivity index (χ0v) is 20.2. The van der Waals surface area contributed by atoms with Gasteiger partial charge in [-0.3, -0.25) is 4.79 Å². The molecule has 0 saturated heterocycles. The van der Waals surface area contributed by atoms with Crippen molar-refractivity contribution in [1.82, 2.24) is 10.3 Å². The third kappa shape index (κ3) is 4.37. The molecule has 186 valence electrons. The molecule has 2 aliphatic heterocycles. The second-order valence-electron chi connectivity index (χ2n) is 9.87. The highest BCUT2D eigenvalue weighted by atomic mass is 35.5. The molecule has 0 spiro atoms. The fourth-order valence-electron chi connectivity index (χ4n) is 5.55. The van der Waals surface area contributed by atoms with E-state index in [1.54, 1.807) is 18.2 Å². The maximum atomic E-state index is 13.5. The molecule has 1 N–H and O–H groups in total. The molecule has 35 heavy (non-hydrogen) atoms. The first kappa shape index (κ1) is 24.0. The second kappa shape index (κ2) is 8.73. The van der Waals surface area contributed by atoms with Gasteiger partial charge >= 0.3 is 6.18 Å². The Balaban J connectivity index is 1.27. The van der Waals surface area contributed by atoms with Crippen molar-refractivity contribution >= 4 is 34.1 Å². The number of nitrogens with one attached hydrogen (secondary N) is 1. The number of amides is 1. The number of aromatic nitrogens is 1. The molecule has 6 rings (SSSR count). The van der Waals surface area contributed by atoms with Gasteiger partial charge in [0, 0.05) is 35.2 Å². The number of ether oxygens (including phenoxy) is 1. The van der Waals surface area contributed by atoms with E-state index in [4.69, 9.17) is 16.3 Å². The zero-order chi connectivity index (χ0) is 25.0. The number of halogens is 4. The van der Waals surface area contributed by atoms with Crippen LogP contribution in [0.15, 0.2) is 48.3 Å². The fourth-order valence-corrected chi connectivity index (χ4v) is 5.72. The Morgan fingerprint density at radius 1 is 1.26 bits per heavy atom. The molecule has 0 atom stereocenters. The molecule has 2 bridgehead atoms. The van der Waals surface area contributed by atoms with E-state index in [1.165, 1.54) is 6.07 Å². The van der Waals surface area contributed by atoms with Crippen LogP contribution >= 0.6 is 11.6 Å². The lowest BCUT2D eigenvalue weighted by Gasteiger charge is -2.47. The minimum Gasteiger partial charge on any atom is -0.493 e. The first-order valence-electron chi connectivity index (χ1n) is 11.8. The van der Waals surface area contributed by atoms with Crippen LogP contribution in [0.1, 0.15) is 44.2 Å². The minimum atomic E-state index is -4.55. The highest BCUT2D eigenvalue weighted by Crippen LogP contribution is 2.51. The van der Waals surface area contributed by atoms with E-state index in [1.807, 2.05) is 11.9 Å². The zero-order valence-electron chi connectivity index (χ0n) is 19.4. The number of nitrogens with zero attached hydrogens (tertiary/aromatic N) is 2. The smallest absolute Gasteiger partial charge is 0.433 e. The molecular formula is C26H27ClF3N3O2. The van der Waals surface area contributed by atoms with Crippen LogP contribution in [-0.2, 0) is 15.7 Å². The van der Waals surface area contributed by atoms with Crippen molar-refractivity contribution in [2.24, 2.45) is 5.41 Å². The quantitative estimate of drug-likeness (QED) is 0.540. The van der Waals surface area contributed by atoms with Gasteiger partial charge in [-0.15, -0.1) is 0 Å². The molecule has 2 saturated carbocycles. The van der Waals surface area contributed by atoms with Crippen molar-refractivity contribution in [2.75, 3.05) is 18.6 Å². The second-order valence-corrected chi connectivity index (χ2v) is 10.3. The van der Waals surface area contributed by atoms with Crippen molar-refractivity contribution < 1.29 is 22.7 Å². The average molecular weight is 506 g/mol. The predicted octanol–water partition coefficient (Wildman–Crippen LogP) is 6.02. The molecule has 2 aliphatic carbocycles. The van der Waals surface area contributed by atoms with Gasteiger partial charge in [0.25, 0.3) is 0 Å². The first-order chi connectivity index (χ1) is 16.6. The number of allylic oxidation sites excluding steroid dienone is 2. The molecule has 1 aromatic carbocycles. The predicted molar refractivity (Wildman–Crippen MR) is 129 cm³/mol. The summed E-state index contributed by atoms with van der Waals surface area (Å²) in [7, 11) is 1.82. The number of anilines is 1. The van der Waals surface area contributed by atoms with E-state index >= 15 is 0 Å². The van der Waals surface area contributed by atoms with Crippen LogP contribution in [0.3, 0.4) is 0 Å². The fraction of sp³-hybridized carbons (Fsp3) is 0.462. The lowest BCUT2D eigenvalue weighted by atomic mass is 9.63. The van der Waals surface area contributed by atoms with Crippen LogP contribution in [0.4, 0.5) is 18.9 Å². The van der Waals surface area contributed by atoms with Gasteiger partial charge in [0.05, 0.1) is 10.9 Å². The lowest BCUT2D eigenvalue weighted by Crippen LogP contribution is -2.55. The number of benzene rings is 1. The maximum absolute atomic E-state index is 13.5. The van der Waals surface area contributed by atoms with E-state index in [0.29, 0.717) is 22.7 Å². The summed E-state index contributed by atoms with van der Waals surface area (Å²) in [5.41, 5.74) is 0.475. The number of hydrogen-bond donors (Lipinski definition) is 1. The van der Waals surface area contributed by atoms with Crippen LogP contribution in [-0.4, -0.2) is 36.6 Å².